The van der Waals surface area contributed by atoms with Crippen LogP contribution in [0.1, 0.15) is 33.1 Å². The molecule has 78 valence electrons. The average Bonchev–Trinajstić information content (AvgIpc) is 2.00. The predicted octanol–water partition coefficient (Wildman–Crippen LogP) is 0.916. The molecule has 0 radical (unpaired) electrons. The molecule has 1 rings (SSSR count). The first kappa shape index (κ1) is 11.0. The Labute approximate surface area is 80.5 Å². The molecule has 13 heavy (non-hydrogen) atoms. The van der Waals surface area contributed by atoms with Crippen LogP contribution in [0.4, 0.5) is 0 Å². The number of aliphatic hydroxyl groups is 1. The summed E-state index contributed by atoms with van der Waals surface area (Å²) in [5.74, 6) is 0. The van der Waals surface area contributed by atoms with Gasteiger partial charge in [-0.3, -0.25) is 0 Å². The molecular weight excluding hydrogens is 166 g/mol. The molecule has 0 unspecified atom stereocenters. The normalized spacial score (nSPS) is 20.3. The summed E-state index contributed by atoms with van der Waals surface area (Å²) in [5.41, 5.74) is -0.405. The van der Waals surface area contributed by atoms with Gasteiger partial charge in [-0.05, 0) is 33.1 Å². The molecule has 3 nitrogen and oxygen atoms in total. The van der Waals surface area contributed by atoms with Crippen molar-refractivity contribution in [3.8, 4) is 0 Å². The predicted molar refractivity (Wildman–Crippen MR) is 52.8 cm³/mol. The summed E-state index contributed by atoms with van der Waals surface area (Å²) in [6.07, 6.45) is 3.37. The Balaban J connectivity index is 1.89. The summed E-state index contributed by atoms with van der Waals surface area (Å²) < 4.78 is 5.36. The number of ether oxygens (including phenoxy) is 1. The molecule has 0 aliphatic heterocycles. The molecule has 0 aromatic heterocycles. The fraction of sp³-hybridized carbons (Fsp3) is 1.00. The monoisotopic (exact) mass is 187 g/mol. The molecule has 0 bridgehead atoms. The van der Waals surface area contributed by atoms with Gasteiger partial charge in [0.15, 0.2) is 0 Å². The third kappa shape index (κ3) is 4.07. The van der Waals surface area contributed by atoms with Crippen LogP contribution in [-0.4, -0.2) is 36.5 Å². The Bertz CT molecular complexity index is 144. The van der Waals surface area contributed by atoms with Crippen LogP contribution < -0.4 is 5.32 Å². The highest BCUT2D eigenvalue weighted by molar-refractivity contribution is 4.89. The van der Waals surface area contributed by atoms with Crippen molar-refractivity contribution in [2.75, 3.05) is 19.7 Å². The SMILES string of the molecule is CC(C)OCCNCC1(O)CCC1. The summed E-state index contributed by atoms with van der Waals surface area (Å²) in [6.45, 7) is 6.33. The molecule has 0 saturated heterocycles. The Morgan fingerprint density at radius 2 is 2.15 bits per heavy atom. The minimum atomic E-state index is -0.405. The van der Waals surface area contributed by atoms with E-state index in [0.717, 1.165) is 26.0 Å². The van der Waals surface area contributed by atoms with E-state index in [-0.39, 0.29) is 0 Å². The van der Waals surface area contributed by atoms with Crippen LogP contribution in [-0.2, 0) is 4.74 Å². The van der Waals surface area contributed by atoms with Crippen molar-refractivity contribution < 1.29 is 9.84 Å². The van der Waals surface area contributed by atoms with Crippen molar-refractivity contribution in [2.45, 2.75) is 44.8 Å². The molecule has 2 N–H and O–H groups in total. The van der Waals surface area contributed by atoms with Gasteiger partial charge in [0.05, 0.1) is 18.3 Å². The second kappa shape index (κ2) is 4.94. The van der Waals surface area contributed by atoms with Gasteiger partial charge in [0.25, 0.3) is 0 Å². The van der Waals surface area contributed by atoms with Crippen molar-refractivity contribution in [3.05, 3.63) is 0 Å². The van der Waals surface area contributed by atoms with Gasteiger partial charge >= 0.3 is 0 Å². The Morgan fingerprint density at radius 3 is 2.62 bits per heavy atom. The van der Waals surface area contributed by atoms with Crippen LogP contribution in [0.3, 0.4) is 0 Å². The second-order valence-corrected chi connectivity index (χ2v) is 4.17. The largest absolute Gasteiger partial charge is 0.389 e. The van der Waals surface area contributed by atoms with Crippen molar-refractivity contribution >= 4 is 0 Å². The van der Waals surface area contributed by atoms with E-state index in [2.05, 4.69) is 5.32 Å². The maximum atomic E-state index is 9.72. The number of hydrogen-bond acceptors (Lipinski definition) is 3. The van der Waals surface area contributed by atoms with E-state index in [4.69, 9.17) is 4.74 Å². The molecule has 1 aliphatic carbocycles. The first-order valence-electron chi connectivity index (χ1n) is 5.17. The van der Waals surface area contributed by atoms with Crippen LogP contribution >= 0.6 is 0 Å². The highest BCUT2D eigenvalue weighted by Crippen LogP contribution is 2.30. The maximum Gasteiger partial charge on any atom is 0.0771 e. The summed E-state index contributed by atoms with van der Waals surface area (Å²) >= 11 is 0. The van der Waals surface area contributed by atoms with Gasteiger partial charge in [0, 0.05) is 13.1 Å². The third-order valence-electron chi connectivity index (χ3n) is 2.47. The summed E-state index contributed by atoms with van der Waals surface area (Å²) in [4.78, 5) is 0. The van der Waals surface area contributed by atoms with Crippen LogP contribution in [0.15, 0.2) is 0 Å². The van der Waals surface area contributed by atoms with E-state index < -0.39 is 5.60 Å². The lowest BCUT2D eigenvalue weighted by Crippen LogP contribution is -2.46. The quantitative estimate of drug-likeness (QED) is 0.607. The van der Waals surface area contributed by atoms with Gasteiger partial charge in [0.2, 0.25) is 0 Å². The fourth-order valence-corrected chi connectivity index (χ4v) is 1.45. The van der Waals surface area contributed by atoms with Crippen LogP contribution in [0, 0.1) is 0 Å². The van der Waals surface area contributed by atoms with Gasteiger partial charge in [-0.1, -0.05) is 0 Å². The topological polar surface area (TPSA) is 41.5 Å². The maximum absolute atomic E-state index is 9.72. The van der Waals surface area contributed by atoms with E-state index in [1.165, 1.54) is 6.42 Å². The molecule has 1 aliphatic rings. The highest BCUT2D eigenvalue weighted by Gasteiger charge is 2.33. The van der Waals surface area contributed by atoms with Crippen molar-refractivity contribution in [2.24, 2.45) is 0 Å². The lowest BCUT2D eigenvalue weighted by atomic mass is 9.80. The molecule has 0 atom stereocenters. The Hall–Kier alpha value is -0.120. The second-order valence-electron chi connectivity index (χ2n) is 4.17. The summed E-state index contributed by atoms with van der Waals surface area (Å²) in [5, 5.41) is 12.9. The highest BCUT2D eigenvalue weighted by atomic mass is 16.5. The summed E-state index contributed by atoms with van der Waals surface area (Å²) in [7, 11) is 0. The van der Waals surface area contributed by atoms with Gasteiger partial charge < -0.3 is 15.2 Å². The smallest absolute Gasteiger partial charge is 0.0771 e. The average molecular weight is 187 g/mol. The van der Waals surface area contributed by atoms with E-state index in [9.17, 15) is 5.11 Å². The van der Waals surface area contributed by atoms with Gasteiger partial charge in [0.1, 0.15) is 0 Å². The fourth-order valence-electron chi connectivity index (χ4n) is 1.45. The molecule has 3 heteroatoms. The lowest BCUT2D eigenvalue weighted by Gasteiger charge is -2.36. The minimum Gasteiger partial charge on any atom is -0.389 e. The minimum absolute atomic E-state index is 0.300. The van der Waals surface area contributed by atoms with Crippen LogP contribution in [0.5, 0.6) is 0 Å². The van der Waals surface area contributed by atoms with Gasteiger partial charge in [-0.15, -0.1) is 0 Å². The zero-order valence-electron chi connectivity index (χ0n) is 8.68. The van der Waals surface area contributed by atoms with Crippen molar-refractivity contribution in [3.63, 3.8) is 0 Å². The number of hydrogen-bond donors (Lipinski definition) is 2. The van der Waals surface area contributed by atoms with Gasteiger partial charge in [-0.25, -0.2) is 0 Å². The third-order valence-corrected chi connectivity index (χ3v) is 2.47. The molecule has 0 aromatic rings. The molecule has 0 aromatic carbocycles. The standard InChI is InChI=1S/C10H21NO2/c1-9(2)13-7-6-11-8-10(12)4-3-5-10/h9,11-12H,3-8H2,1-2H3. The van der Waals surface area contributed by atoms with E-state index in [0.29, 0.717) is 12.6 Å². The van der Waals surface area contributed by atoms with Gasteiger partial charge in [-0.2, -0.15) is 0 Å². The lowest BCUT2D eigenvalue weighted by molar-refractivity contribution is -0.0327. The van der Waals surface area contributed by atoms with Crippen molar-refractivity contribution in [1.82, 2.24) is 5.32 Å². The molecule has 1 saturated carbocycles. The Morgan fingerprint density at radius 1 is 1.46 bits per heavy atom. The Kier molecular flexibility index (Phi) is 4.16. The zero-order chi connectivity index (χ0) is 9.73. The molecule has 0 amide bonds. The molecule has 0 heterocycles. The molecule has 1 fully saturated rings. The van der Waals surface area contributed by atoms with Crippen molar-refractivity contribution in [1.29, 1.82) is 0 Å². The first-order chi connectivity index (χ1) is 6.12. The van der Waals surface area contributed by atoms with E-state index in [1.54, 1.807) is 0 Å². The zero-order valence-corrected chi connectivity index (χ0v) is 8.68. The molecule has 0 spiro atoms. The van der Waals surface area contributed by atoms with Crippen LogP contribution in [0.25, 0.3) is 0 Å². The van der Waals surface area contributed by atoms with E-state index >= 15 is 0 Å². The molecular formula is C10H21NO2. The van der Waals surface area contributed by atoms with E-state index in [1.807, 2.05) is 13.8 Å². The number of rotatable bonds is 6. The first-order valence-corrected chi connectivity index (χ1v) is 5.17. The van der Waals surface area contributed by atoms with Crippen LogP contribution in [0.2, 0.25) is 0 Å². The number of nitrogens with one attached hydrogen (secondary N) is 1. The summed E-state index contributed by atoms with van der Waals surface area (Å²) in [6, 6.07) is 0.